The van der Waals surface area contributed by atoms with E-state index in [0.717, 1.165) is 61.4 Å². The molecule has 3 rings (SSSR count). The second-order valence-corrected chi connectivity index (χ2v) is 10.9. The van der Waals surface area contributed by atoms with Crippen molar-refractivity contribution < 1.29 is 19.6 Å². The van der Waals surface area contributed by atoms with Crippen molar-refractivity contribution in [3.8, 4) is 0 Å². The Morgan fingerprint density at radius 2 is 1.41 bits per heavy atom. The lowest BCUT2D eigenvalue weighted by Crippen LogP contribution is -2.34. The maximum absolute atomic E-state index is 8.86. The minimum atomic E-state index is -0.192. The van der Waals surface area contributed by atoms with Crippen LogP contribution >= 0.6 is 0 Å². The number of ether oxygens (including phenoxy) is 2. The van der Waals surface area contributed by atoms with E-state index in [9.17, 15) is 0 Å². The quantitative estimate of drug-likeness (QED) is 0.0737. The lowest BCUT2D eigenvalue weighted by atomic mass is 9.60. The summed E-state index contributed by atoms with van der Waals surface area (Å²) in [6.07, 6.45) is 23.3. The van der Waals surface area contributed by atoms with E-state index in [1.54, 1.807) is 6.08 Å². The molecular formula is C28H48O4. The first-order chi connectivity index (χ1) is 15.7. The van der Waals surface area contributed by atoms with Crippen LogP contribution in [0, 0.1) is 35.5 Å². The van der Waals surface area contributed by atoms with E-state index in [1.807, 2.05) is 0 Å². The first kappa shape index (κ1) is 25.8. The van der Waals surface area contributed by atoms with Crippen LogP contribution in [0.5, 0.6) is 0 Å². The van der Waals surface area contributed by atoms with Crippen molar-refractivity contribution in [1.29, 1.82) is 0 Å². The number of fused-ring (bicyclic) bond motifs is 1. The Morgan fingerprint density at radius 1 is 0.781 bits per heavy atom. The van der Waals surface area contributed by atoms with Gasteiger partial charge in [0.1, 0.15) is 6.10 Å². The standard InChI is InChI=1S/C28H48O4/c1-3-28(32-29)9-5-7-23-12-15-27-20-26(17-16-25(27)19-23)24-13-10-22(11-14-24)8-6-18-31-21-30-4-2/h3-4,22-29H,1-2,5-21H2. The van der Waals surface area contributed by atoms with E-state index in [1.165, 1.54) is 83.3 Å². The molecule has 0 aromatic carbocycles. The zero-order valence-corrected chi connectivity index (χ0v) is 20.3. The molecule has 3 aliphatic carbocycles. The predicted octanol–water partition coefficient (Wildman–Crippen LogP) is 7.75. The summed E-state index contributed by atoms with van der Waals surface area (Å²) in [7, 11) is 0. The summed E-state index contributed by atoms with van der Waals surface area (Å²) in [6, 6.07) is 0. The molecule has 32 heavy (non-hydrogen) atoms. The molecule has 0 aromatic heterocycles. The fourth-order valence-corrected chi connectivity index (χ4v) is 7.11. The third kappa shape index (κ3) is 8.18. The molecule has 0 radical (unpaired) electrons. The average molecular weight is 449 g/mol. The second-order valence-electron chi connectivity index (χ2n) is 10.9. The average Bonchev–Trinajstić information content (AvgIpc) is 2.84. The zero-order valence-electron chi connectivity index (χ0n) is 20.3. The highest BCUT2D eigenvalue weighted by atomic mass is 17.1. The molecule has 5 unspecified atom stereocenters. The van der Waals surface area contributed by atoms with Crippen molar-refractivity contribution in [2.45, 2.75) is 102 Å². The summed E-state index contributed by atoms with van der Waals surface area (Å²) in [4.78, 5) is 4.46. The van der Waals surface area contributed by atoms with Crippen LogP contribution in [-0.4, -0.2) is 24.8 Å². The van der Waals surface area contributed by atoms with Crippen molar-refractivity contribution in [2.24, 2.45) is 35.5 Å². The van der Waals surface area contributed by atoms with Crippen LogP contribution in [0.3, 0.4) is 0 Å². The lowest BCUT2D eigenvalue weighted by molar-refractivity contribution is -0.267. The zero-order chi connectivity index (χ0) is 22.6. The van der Waals surface area contributed by atoms with Gasteiger partial charge in [-0.15, -0.1) is 6.58 Å². The van der Waals surface area contributed by atoms with Crippen LogP contribution in [0.15, 0.2) is 25.5 Å². The summed E-state index contributed by atoms with van der Waals surface area (Å²) >= 11 is 0. The first-order valence-electron chi connectivity index (χ1n) is 13.5. The van der Waals surface area contributed by atoms with E-state index in [4.69, 9.17) is 14.7 Å². The van der Waals surface area contributed by atoms with Crippen molar-refractivity contribution in [3.63, 3.8) is 0 Å². The SMILES string of the molecule is C=COCOCCCC1CCC(C2CCC3CC(CCCC(C=C)OO)CCC3C2)CC1. The summed E-state index contributed by atoms with van der Waals surface area (Å²) in [5, 5.41) is 8.86. The number of rotatable bonds is 14. The highest BCUT2D eigenvalue weighted by Gasteiger charge is 2.38. The molecule has 0 aromatic rings. The molecule has 0 spiro atoms. The second kappa shape index (κ2) is 14.4. The van der Waals surface area contributed by atoms with Crippen LogP contribution < -0.4 is 0 Å². The van der Waals surface area contributed by atoms with Crippen molar-refractivity contribution in [1.82, 2.24) is 0 Å². The summed E-state index contributed by atoms with van der Waals surface area (Å²) in [5.74, 6) is 5.79. The van der Waals surface area contributed by atoms with E-state index in [0.29, 0.717) is 6.79 Å². The largest absolute Gasteiger partial charge is 0.476 e. The van der Waals surface area contributed by atoms with Crippen LogP contribution in [0.4, 0.5) is 0 Å². The van der Waals surface area contributed by atoms with Gasteiger partial charge in [0, 0.05) is 0 Å². The molecule has 0 aliphatic heterocycles. The van der Waals surface area contributed by atoms with Gasteiger partial charge in [-0.1, -0.05) is 44.8 Å². The molecule has 4 heteroatoms. The third-order valence-electron chi connectivity index (χ3n) is 8.99. The topological polar surface area (TPSA) is 47.9 Å². The molecule has 0 saturated heterocycles. The van der Waals surface area contributed by atoms with Crippen molar-refractivity contribution >= 4 is 0 Å². The van der Waals surface area contributed by atoms with Crippen LogP contribution in [-0.2, 0) is 14.4 Å². The first-order valence-corrected chi connectivity index (χ1v) is 13.5. The minimum absolute atomic E-state index is 0.192. The molecule has 0 heterocycles. The van der Waals surface area contributed by atoms with Crippen LogP contribution in [0.25, 0.3) is 0 Å². The van der Waals surface area contributed by atoms with E-state index < -0.39 is 0 Å². The van der Waals surface area contributed by atoms with Crippen molar-refractivity contribution in [2.75, 3.05) is 13.4 Å². The van der Waals surface area contributed by atoms with Gasteiger partial charge in [0.05, 0.1) is 12.9 Å². The Morgan fingerprint density at radius 3 is 2.12 bits per heavy atom. The summed E-state index contributed by atoms with van der Waals surface area (Å²) in [6.45, 7) is 8.41. The Balaban J connectivity index is 1.29. The molecule has 0 amide bonds. The fourth-order valence-electron chi connectivity index (χ4n) is 7.11. The predicted molar refractivity (Wildman–Crippen MR) is 130 cm³/mol. The van der Waals surface area contributed by atoms with Crippen molar-refractivity contribution in [3.05, 3.63) is 25.5 Å². The minimum Gasteiger partial charge on any atom is -0.476 e. The summed E-state index contributed by atoms with van der Waals surface area (Å²) < 4.78 is 10.5. The Labute approximate surface area is 196 Å². The van der Waals surface area contributed by atoms with E-state index in [-0.39, 0.29) is 6.10 Å². The highest BCUT2D eigenvalue weighted by molar-refractivity contribution is 4.89. The molecule has 184 valence electrons. The van der Waals surface area contributed by atoms with Gasteiger partial charge in [0.15, 0.2) is 6.79 Å². The van der Waals surface area contributed by atoms with Crippen LogP contribution in [0.1, 0.15) is 96.3 Å². The fraction of sp³-hybridized carbons (Fsp3) is 0.857. The molecule has 0 bridgehead atoms. The van der Waals surface area contributed by atoms with Gasteiger partial charge in [-0.3, -0.25) is 5.26 Å². The Kier molecular flexibility index (Phi) is 11.6. The third-order valence-corrected chi connectivity index (χ3v) is 8.99. The molecule has 4 nitrogen and oxygen atoms in total. The molecule has 5 atom stereocenters. The van der Waals surface area contributed by atoms with Gasteiger partial charge in [-0.05, 0) is 99.7 Å². The highest BCUT2D eigenvalue weighted by Crippen LogP contribution is 2.49. The molecule has 3 fully saturated rings. The normalized spacial score (nSPS) is 33.8. The monoisotopic (exact) mass is 448 g/mol. The smallest absolute Gasteiger partial charge is 0.188 e. The summed E-state index contributed by atoms with van der Waals surface area (Å²) in [5.41, 5.74) is 0. The molecule has 3 saturated carbocycles. The van der Waals surface area contributed by atoms with Gasteiger partial charge in [-0.25, -0.2) is 4.89 Å². The Bertz CT molecular complexity index is 528. The van der Waals surface area contributed by atoms with Crippen LogP contribution in [0.2, 0.25) is 0 Å². The Hall–Kier alpha value is -0.840. The van der Waals surface area contributed by atoms with Gasteiger partial charge in [0.2, 0.25) is 0 Å². The van der Waals surface area contributed by atoms with E-state index in [2.05, 4.69) is 18.0 Å². The van der Waals surface area contributed by atoms with Gasteiger partial charge in [0.25, 0.3) is 0 Å². The maximum atomic E-state index is 8.86. The molecular weight excluding hydrogens is 400 g/mol. The lowest BCUT2D eigenvalue weighted by Gasteiger charge is -2.45. The number of hydrogen-bond acceptors (Lipinski definition) is 4. The maximum Gasteiger partial charge on any atom is 0.188 e. The van der Waals surface area contributed by atoms with Gasteiger partial charge in [-0.2, -0.15) is 0 Å². The van der Waals surface area contributed by atoms with E-state index >= 15 is 0 Å². The molecule has 1 N–H and O–H groups in total. The number of hydrogen-bond donors (Lipinski definition) is 1. The van der Waals surface area contributed by atoms with Gasteiger partial charge < -0.3 is 9.47 Å². The molecule has 3 aliphatic rings. The van der Waals surface area contributed by atoms with Gasteiger partial charge >= 0.3 is 0 Å².